The number of anilines is 1. The van der Waals surface area contributed by atoms with Crippen LogP contribution in [0.1, 0.15) is 24.2 Å². The molecular formula is C21H17Cl2N3O2S. The smallest absolute Gasteiger partial charge is 0.335 e. The van der Waals surface area contributed by atoms with Gasteiger partial charge in [0.05, 0.1) is 22.5 Å². The number of aromatic nitrogens is 2. The molecule has 29 heavy (non-hydrogen) atoms. The summed E-state index contributed by atoms with van der Waals surface area (Å²) in [6.45, 7) is 2.79. The number of nitrogens with zero attached hydrogens (tertiary/aromatic N) is 2. The van der Waals surface area contributed by atoms with Gasteiger partial charge in [-0.05, 0) is 55.3 Å². The Labute approximate surface area is 181 Å². The predicted molar refractivity (Wildman–Crippen MR) is 118 cm³/mol. The van der Waals surface area contributed by atoms with Gasteiger partial charge in [-0.3, -0.25) is 0 Å². The number of H-pyrrole nitrogens is 1. The molecule has 0 saturated heterocycles. The summed E-state index contributed by atoms with van der Waals surface area (Å²) >= 11 is 13.9. The Kier molecular flexibility index (Phi) is 4.65. The van der Waals surface area contributed by atoms with Crippen molar-refractivity contribution in [3.05, 3.63) is 57.7 Å². The van der Waals surface area contributed by atoms with Gasteiger partial charge in [0.2, 0.25) is 0 Å². The van der Waals surface area contributed by atoms with Crippen molar-refractivity contribution in [2.24, 2.45) is 0 Å². The van der Waals surface area contributed by atoms with E-state index in [-0.39, 0.29) is 5.97 Å². The topological polar surface area (TPSA) is 58.2 Å². The third-order valence-electron chi connectivity index (χ3n) is 5.18. The quantitative estimate of drug-likeness (QED) is 0.407. The third-order valence-corrected chi connectivity index (χ3v) is 6.71. The van der Waals surface area contributed by atoms with E-state index >= 15 is 0 Å². The van der Waals surface area contributed by atoms with Crippen LogP contribution in [-0.4, -0.2) is 29.1 Å². The molecule has 5 rings (SSSR count). The van der Waals surface area contributed by atoms with E-state index in [1.54, 1.807) is 0 Å². The van der Waals surface area contributed by atoms with Crippen molar-refractivity contribution in [2.45, 2.75) is 19.4 Å². The molecule has 0 fully saturated rings. The van der Waals surface area contributed by atoms with Crippen molar-refractivity contribution >= 4 is 66.8 Å². The Morgan fingerprint density at radius 2 is 2.07 bits per heavy atom. The van der Waals surface area contributed by atoms with Crippen molar-refractivity contribution < 1.29 is 9.53 Å². The average Bonchev–Trinajstić information content (AvgIpc) is 3.27. The van der Waals surface area contributed by atoms with Gasteiger partial charge in [-0.15, -0.1) is 0 Å². The summed E-state index contributed by atoms with van der Waals surface area (Å²) in [6, 6.07) is 10.8. The highest BCUT2D eigenvalue weighted by Crippen LogP contribution is 2.41. The minimum absolute atomic E-state index is 0.289. The fourth-order valence-corrected chi connectivity index (χ4v) is 5.41. The van der Waals surface area contributed by atoms with E-state index in [4.69, 9.17) is 32.9 Å². The van der Waals surface area contributed by atoms with Crippen molar-refractivity contribution in [3.63, 3.8) is 0 Å². The number of nitrogens with one attached hydrogen (secondary N) is 1. The van der Waals surface area contributed by atoms with Crippen molar-refractivity contribution in [2.75, 3.05) is 18.1 Å². The van der Waals surface area contributed by atoms with E-state index in [0.717, 1.165) is 43.9 Å². The molecule has 8 heteroatoms. The van der Waals surface area contributed by atoms with Crippen LogP contribution >= 0.6 is 34.5 Å². The summed E-state index contributed by atoms with van der Waals surface area (Å²) in [5, 5.41) is 3.18. The van der Waals surface area contributed by atoms with E-state index in [1.165, 1.54) is 11.3 Å². The number of carbonyl (C=O) groups excluding carboxylic acids is 1. The number of fused-ring (bicyclic) bond motifs is 4. The van der Waals surface area contributed by atoms with Gasteiger partial charge in [-0.2, -0.15) is 0 Å². The largest absolute Gasteiger partial charge is 0.464 e. The molecule has 0 bridgehead atoms. The summed E-state index contributed by atoms with van der Waals surface area (Å²) in [6.07, 6.45) is 0.780. The van der Waals surface area contributed by atoms with Crippen LogP contribution in [0.4, 0.5) is 5.13 Å². The minimum Gasteiger partial charge on any atom is -0.464 e. The predicted octanol–water partition coefficient (Wildman–Crippen LogP) is 5.75. The number of halogens is 2. The van der Waals surface area contributed by atoms with E-state index in [0.29, 0.717) is 23.2 Å². The van der Waals surface area contributed by atoms with Gasteiger partial charge in [0.15, 0.2) is 11.2 Å². The summed E-state index contributed by atoms with van der Waals surface area (Å²) < 4.78 is 6.42. The van der Waals surface area contributed by atoms with Gasteiger partial charge in [0.25, 0.3) is 0 Å². The number of rotatable bonds is 3. The molecule has 1 aliphatic rings. The van der Waals surface area contributed by atoms with Crippen molar-refractivity contribution in [1.82, 2.24) is 9.97 Å². The fraction of sp³-hybridized carbons (Fsp3) is 0.238. The maximum Gasteiger partial charge on any atom is 0.335 e. The zero-order chi connectivity index (χ0) is 20.1. The first-order valence-electron chi connectivity index (χ1n) is 9.34. The molecule has 0 unspecified atom stereocenters. The Bertz CT molecular complexity index is 1250. The molecule has 4 aromatic rings. The number of thiazole rings is 1. The summed E-state index contributed by atoms with van der Waals surface area (Å²) in [5.74, 6) is -0.289. The summed E-state index contributed by atoms with van der Waals surface area (Å²) in [4.78, 5) is 23.2. The zero-order valence-corrected chi connectivity index (χ0v) is 17.9. The zero-order valence-electron chi connectivity index (χ0n) is 15.5. The van der Waals surface area contributed by atoms with Crippen LogP contribution in [0.3, 0.4) is 0 Å². The maximum atomic E-state index is 13.0. The average molecular weight is 446 g/mol. The second-order valence-corrected chi connectivity index (χ2v) is 8.80. The van der Waals surface area contributed by atoms with E-state index in [2.05, 4.69) is 4.98 Å². The molecule has 0 spiro atoms. The minimum atomic E-state index is -0.582. The molecule has 1 N–H and O–H groups in total. The number of ether oxygens (including phenoxy) is 1. The van der Waals surface area contributed by atoms with Crippen LogP contribution in [-0.2, 0) is 16.0 Å². The SMILES string of the molecule is CCOC(=O)[C@@H]1c2[nH]c3ccc(Cl)cc3c2CCN1c1nc2ccc(Cl)cc2s1. The van der Waals surface area contributed by atoms with Gasteiger partial charge in [0, 0.05) is 27.5 Å². The first-order chi connectivity index (χ1) is 14.0. The van der Waals surface area contributed by atoms with Crippen LogP contribution in [0, 0.1) is 0 Å². The maximum absolute atomic E-state index is 13.0. The Morgan fingerprint density at radius 3 is 2.90 bits per heavy atom. The number of benzene rings is 2. The van der Waals surface area contributed by atoms with Gasteiger partial charge in [0.1, 0.15) is 0 Å². The van der Waals surface area contributed by atoms with Gasteiger partial charge < -0.3 is 14.6 Å². The van der Waals surface area contributed by atoms with Crippen LogP contribution in [0.5, 0.6) is 0 Å². The second kappa shape index (κ2) is 7.20. The highest BCUT2D eigenvalue weighted by atomic mass is 35.5. The number of esters is 1. The molecule has 0 amide bonds. The Morgan fingerprint density at radius 1 is 1.28 bits per heavy atom. The molecule has 1 aliphatic heterocycles. The number of aromatic amines is 1. The normalized spacial score (nSPS) is 16.4. The summed E-state index contributed by atoms with van der Waals surface area (Å²) in [7, 11) is 0. The fourth-order valence-electron chi connectivity index (χ4n) is 3.94. The molecule has 2 aromatic heterocycles. The second-order valence-electron chi connectivity index (χ2n) is 6.91. The van der Waals surface area contributed by atoms with Gasteiger partial charge >= 0.3 is 5.97 Å². The van der Waals surface area contributed by atoms with E-state index < -0.39 is 6.04 Å². The standard InChI is InChI=1S/C21H17Cl2N3O2S/c1-2-28-20(27)19-18-13(14-9-11(22)3-5-15(14)24-18)7-8-26(19)21-25-16-6-4-12(23)10-17(16)29-21/h3-6,9-10,19,24H,2,7-8H2,1H3/t19-/m0/s1. The van der Waals surface area contributed by atoms with Crippen LogP contribution in [0.25, 0.3) is 21.1 Å². The molecule has 1 atom stereocenters. The monoisotopic (exact) mass is 445 g/mol. The number of hydrogen-bond donors (Lipinski definition) is 1. The molecule has 0 radical (unpaired) electrons. The Hall–Kier alpha value is -2.28. The van der Waals surface area contributed by atoms with E-state index in [9.17, 15) is 4.79 Å². The van der Waals surface area contributed by atoms with Crippen LogP contribution < -0.4 is 4.90 Å². The molecule has 2 aromatic carbocycles. The highest BCUT2D eigenvalue weighted by Gasteiger charge is 2.38. The van der Waals surface area contributed by atoms with Crippen LogP contribution in [0.2, 0.25) is 10.0 Å². The molecular weight excluding hydrogens is 429 g/mol. The molecule has 5 nitrogen and oxygen atoms in total. The van der Waals surface area contributed by atoms with Gasteiger partial charge in [-0.25, -0.2) is 9.78 Å². The number of hydrogen-bond acceptors (Lipinski definition) is 5. The lowest BCUT2D eigenvalue weighted by atomic mass is 9.97. The Balaban J connectivity index is 1.65. The molecule has 148 valence electrons. The van der Waals surface area contributed by atoms with E-state index in [1.807, 2.05) is 48.2 Å². The molecule has 0 aliphatic carbocycles. The van der Waals surface area contributed by atoms with Crippen LogP contribution in [0.15, 0.2) is 36.4 Å². The van der Waals surface area contributed by atoms with Gasteiger partial charge in [-0.1, -0.05) is 34.5 Å². The molecule has 0 saturated carbocycles. The molecule has 3 heterocycles. The first-order valence-corrected chi connectivity index (χ1v) is 10.9. The summed E-state index contributed by atoms with van der Waals surface area (Å²) in [5.41, 5.74) is 3.79. The lowest BCUT2D eigenvalue weighted by molar-refractivity contribution is -0.145. The number of carbonyl (C=O) groups is 1. The first kappa shape index (κ1) is 18.7. The lowest BCUT2D eigenvalue weighted by Crippen LogP contribution is -2.40. The lowest BCUT2D eigenvalue weighted by Gasteiger charge is -2.33. The van der Waals surface area contributed by atoms with Crippen molar-refractivity contribution in [1.29, 1.82) is 0 Å². The highest BCUT2D eigenvalue weighted by molar-refractivity contribution is 7.22. The van der Waals surface area contributed by atoms with Crippen molar-refractivity contribution in [3.8, 4) is 0 Å². The third kappa shape index (κ3) is 3.16.